The van der Waals surface area contributed by atoms with Crippen LogP contribution in [0.2, 0.25) is 0 Å². The molecule has 1 atom stereocenters. The molecule has 1 aliphatic heterocycles. The first kappa shape index (κ1) is 13.6. The molecule has 6 nitrogen and oxygen atoms in total. The molecule has 1 saturated carbocycles. The van der Waals surface area contributed by atoms with Crippen LogP contribution < -0.4 is 10.9 Å². The topological polar surface area (TPSA) is 53.4 Å². The van der Waals surface area contributed by atoms with E-state index >= 15 is 0 Å². The quantitative estimate of drug-likeness (QED) is 0.854. The van der Waals surface area contributed by atoms with Gasteiger partial charge in [-0.1, -0.05) is 0 Å². The first-order chi connectivity index (χ1) is 9.65. The normalized spacial score (nSPS) is 24.8. The molecule has 0 bridgehead atoms. The molecule has 1 aliphatic carbocycles. The van der Waals surface area contributed by atoms with Crippen LogP contribution in [0.25, 0.3) is 0 Å². The lowest BCUT2D eigenvalue weighted by Gasteiger charge is -2.37. The van der Waals surface area contributed by atoms with Gasteiger partial charge in [0.2, 0.25) is 0 Å². The van der Waals surface area contributed by atoms with Crippen molar-refractivity contribution < 1.29 is 0 Å². The zero-order valence-electron chi connectivity index (χ0n) is 12.2. The van der Waals surface area contributed by atoms with Crippen molar-refractivity contribution in [3.05, 3.63) is 22.7 Å². The third-order valence-corrected chi connectivity index (χ3v) is 4.29. The first-order valence-corrected chi connectivity index (χ1v) is 7.35. The highest BCUT2D eigenvalue weighted by molar-refractivity contribution is 5.31. The molecular weight excluding hydrogens is 254 g/mol. The van der Waals surface area contributed by atoms with Crippen molar-refractivity contribution in [2.75, 3.05) is 45.6 Å². The van der Waals surface area contributed by atoms with Crippen LogP contribution in [-0.2, 0) is 0 Å². The molecule has 3 rings (SSSR count). The van der Waals surface area contributed by atoms with Crippen LogP contribution in [0, 0.1) is 0 Å². The van der Waals surface area contributed by atoms with Gasteiger partial charge in [-0.15, -0.1) is 0 Å². The average molecular weight is 277 g/mol. The number of likely N-dealkylation sites (N-methyl/N-ethyl adjacent to an activating group) is 2. The Hall–Kier alpha value is -1.40. The zero-order chi connectivity index (χ0) is 14.1. The predicted octanol–water partition coefficient (Wildman–Crippen LogP) is 0.236. The summed E-state index contributed by atoms with van der Waals surface area (Å²) in [6.07, 6.45) is 5.74. The van der Waals surface area contributed by atoms with E-state index < -0.39 is 0 Å². The van der Waals surface area contributed by atoms with E-state index in [-0.39, 0.29) is 5.56 Å². The largest absolute Gasteiger partial charge is 0.364 e. The lowest BCUT2D eigenvalue weighted by atomic mass is 10.2. The number of piperazine rings is 1. The highest BCUT2D eigenvalue weighted by Crippen LogP contribution is 2.33. The molecular formula is C14H23N5O. The van der Waals surface area contributed by atoms with Crippen LogP contribution in [0.5, 0.6) is 0 Å². The Labute approximate surface area is 119 Å². The Balaban J connectivity index is 1.66. The van der Waals surface area contributed by atoms with E-state index in [1.165, 1.54) is 0 Å². The lowest BCUT2D eigenvalue weighted by molar-refractivity contribution is 0.122. The Morgan fingerprint density at radius 2 is 2.15 bits per heavy atom. The molecule has 20 heavy (non-hydrogen) atoms. The van der Waals surface area contributed by atoms with Gasteiger partial charge in [-0.05, 0) is 26.9 Å². The molecule has 1 unspecified atom stereocenters. The number of aromatic nitrogens is 2. The lowest BCUT2D eigenvalue weighted by Crippen LogP contribution is -2.52. The molecule has 0 aromatic carbocycles. The van der Waals surface area contributed by atoms with Crippen molar-refractivity contribution in [3.63, 3.8) is 0 Å². The molecule has 110 valence electrons. The summed E-state index contributed by atoms with van der Waals surface area (Å²) in [4.78, 5) is 21.2. The van der Waals surface area contributed by atoms with Gasteiger partial charge in [0.25, 0.3) is 5.56 Å². The van der Waals surface area contributed by atoms with Crippen molar-refractivity contribution in [1.29, 1.82) is 0 Å². The summed E-state index contributed by atoms with van der Waals surface area (Å²) in [5.74, 6) is 0.487. The third kappa shape index (κ3) is 2.86. The van der Waals surface area contributed by atoms with Crippen LogP contribution >= 0.6 is 0 Å². The van der Waals surface area contributed by atoms with Crippen molar-refractivity contribution >= 4 is 5.82 Å². The summed E-state index contributed by atoms with van der Waals surface area (Å²) in [6, 6.07) is 0.819. The molecule has 2 heterocycles. The summed E-state index contributed by atoms with van der Waals surface area (Å²) in [7, 11) is 4.28. The Morgan fingerprint density at radius 1 is 1.35 bits per heavy atom. The second-order valence-corrected chi connectivity index (χ2v) is 6.00. The van der Waals surface area contributed by atoms with Gasteiger partial charge in [-0.3, -0.25) is 9.69 Å². The van der Waals surface area contributed by atoms with E-state index in [1.807, 2.05) is 4.57 Å². The van der Waals surface area contributed by atoms with Gasteiger partial charge in [0, 0.05) is 50.7 Å². The molecule has 1 aromatic heterocycles. The van der Waals surface area contributed by atoms with Gasteiger partial charge in [0.05, 0.1) is 0 Å². The van der Waals surface area contributed by atoms with Crippen molar-refractivity contribution in [1.82, 2.24) is 19.4 Å². The fraction of sp³-hybridized carbons (Fsp3) is 0.714. The first-order valence-electron chi connectivity index (χ1n) is 7.35. The number of rotatable bonds is 4. The van der Waals surface area contributed by atoms with E-state index in [0.717, 1.165) is 39.0 Å². The van der Waals surface area contributed by atoms with Gasteiger partial charge in [-0.25, -0.2) is 4.98 Å². The van der Waals surface area contributed by atoms with Crippen LogP contribution in [-0.4, -0.2) is 65.7 Å². The van der Waals surface area contributed by atoms with Crippen LogP contribution in [0.1, 0.15) is 18.9 Å². The van der Waals surface area contributed by atoms with Gasteiger partial charge in [0.1, 0.15) is 0 Å². The van der Waals surface area contributed by atoms with E-state index in [4.69, 9.17) is 0 Å². The number of anilines is 1. The number of hydrogen-bond donors (Lipinski definition) is 1. The average Bonchev–Trinajstić information content (AvgIpc) is 3.25. The molecule has 0 spiro atoms. The number of nitrogens with zero attached hydrogens (tertiary/aromatic N) is 4. The number of hydrogen-bond acceptors (Lipinski definition) is 5. The summed E-state index contributed by atoms with van der Waals surface area (Å²) in [5.41, 5.74) is 0.0156. The Morgan fingerprint density at radius 3 is 2.90 bits per heavy atom. The number of nitrogens with one attached hydrogen (secondary N) is 1. The molecule has 0 radical (unpaired) electrons. The highest BCUT2D eigenvalue weighted by Gasteiger charge is 2.26. The van der Waals surface area contributed by atoms with E-state index in [2.05, 4.69) is 34.2 Å². The van der Waals surface area contributed by atoms with Crippen molar-refractivity contribution in [2.45, 2.75) is 24.9 Å². The van der Waals surface area contributed by atoms with E-state index in [0.29, 0.717) is 17.9 Å². The second-order valence-electron chi connectivity index (χ2n) is 6.00. The minimum absolute atomic E-state index is 0.0156. The summed E-state index contributed by atoms with van der Waals surface area (Å²) in [5, 5.41) is 3.24. The van der Waals surface area contributed by atoms with Gasteiger partial charge >= 0.3 is 0 Å². The zero-order valence-corrected chi connectivity index (χ0v) is 12.2. The highest BCUT2D eigenvalue weighted by atomic mass is 16.1. The SMILES string of the molecule is CN1CCN(C)C(CNc2nccn(C3CC3)c2=O)C1. The Bertz CT molecular complexity index is 525. The van der Waals surface area contributed by atoms with Gasteiger partial charge in [-0.2, -0.15) is 0 Å². The summed E-state index contributed by atoms with van der Waals surface area (Å²) < 4.78 is 1.81. The molecule has 0 amide bonds. The maximum absolute atomic E-state index is 12.3. The molecule has 1 saturated heterocycles. The molecule has 2 fully saturated rings. The minimum Gasteiger partial charge on any atom is -0.364 e. The maximum atomic E-state index is 12.3. The summed E-state index contributed by atoms with van der Waals surface area (Å²) in [6.45, 7) is 3.95. The maximum Gasteiger partial charge on any atom is 0.293 e. The van der Waals surface area contributed by atoms with Gasteiger partial charge < -0.3 is 14.8 Å². The van der Waals surface area contributed by atoms with Crippen LogP contribution in [0.4, 0.5) is 5.82 Å². The smallest absolute Gasteiger partial charge is 0.293 e. The minimum atomic E-state index is 0.0156. The van der Waals surface area contributed by atoms with Crippen LogP contribution in [0.3, 0.4) is 0 Å². The Kier molecular flexibility index (Phi) is 3.76. The molecule has 6 heteroatoms. The second kappa shape index (κ2) is 5.54. The van der Waals surface area contributed by atoms with Crippen molar-refractivity contribution in [3.8, 4) is 0 Å². The summed E-state index contributed by atoms with van der Waals surface area (Å²) >= 11 is 0. The van der Waals surface area contributed by atoms with Gasteiger partial charge in [0.15, 0.2) is 5.82 Å². The van der Waals surface area contributed by atoms with E-state index in [9.17, 15) is 4.79 Å². The van der Waals surface area contributed by atoms with Crippen molar-refractivity contribution in [2.24, 2.45) is 0 Å². The fourth-order valence-corrected chi connectivity index (χ4v) is 2.72. The standard InChI is InChI=1S/C14H23N5O/c1-17-7-8-18(2)12(10-17)9-16-13-14(20)19(6-5-15-13)11-3-4-11/h5-6,11-12H,3-4,7-10H2,1-2H3,(H,15,16). The van der Waals surface area contributed by atoms with Crippen LogP contribution in [0.15, 0.2) is 17.2 Å². The molecule has 1 N–H and O–H groups in total. The van der Waals surface area contributed by atoms with E-state index in [1.54, 1.807) is 12.4 Å². The predicted molar refractivity (Wildman–Crippen MR) is 79.2 cm³/mol. The fourth-order valence-electron chi connectivity index (χ4n) is 2.72. The third-order valence-electron chi connectivity index (χ3n) is 4.29. The molecule has 2 aliphatic rings. The monoisotopic (exact) mass is 277 g/mol. The molecule has 1 aromatic rings.